The van der Waals surface area contributed by atoms with Gasteiger partial charge in [-0.2, -0.15) is 0 Å². The second kappa shape index (κ2) is 7.18. The third-order valence-electron chi connectivity index (χ3n) is 4.87. The smallest absolute Gasteiger partial charge is 0.123 e. The van der Waals surface area contributed by atoms with Gasteiger partial charge in [0, 0.05) is 56.0 Å². The number of aromatic hydroxyl groups is 1. The Morgan fingerprint density at radius 2 is 1.95 bits per heavy atom. The number of halogens is 1. The molecule has 0 spiro atoms. The molecule has 1 atom stereocenters. The highest BCUT2D eigenvalue weighted by atomic mass is 35.5. The van der Waals surface area contributed by atoms with E-state index >= 15 is 0 Å². The van der Waals surface area contributed by atoms with E-state index in [9.17, 15) is 5.11 Å². The minimum atomic E-state index is 0.225. The lowest BCUT2D eigenvalue weighted by molar-refractivity contribution is 0.0206. The van der Waals surface area contributed by atoms with Gasteiger partial charge < -0.3 is 15.2 Å². The van der Waals surface area contributed by atoms with Gasteiger partial charge in [-0.1, -0.05) is 11.6 Å². The molecule has 0 bridgehead atoms. The van der Waals surface area contributed by atoms with Crippen LogP contribution in [0.4, 0.5) is 0 Å². The minimum Gasteiger partial charge on any atom is -0.507 e. The third-order valence-corrected chi connectivity index (χ3v) is 5.09. The van der Waals surface area contributed by atoms with E-state index in [2.05, 4.69) is 10.2 Å². The van der Waals surface area contributed by atoms with Gasteiger partial charge in [-0.05, 0) is 43.4 Å². The van der Waals surface area contributed by atoms with E-state index in [0.29, 0.717) is 16.7 Å². The van der Waals surface area contributed by atoms with Crippen molar-refractivity contribution in [2.24, 2.45) is 5.92 Å². The lowest BCUT2D eigenvalue weighted by Crippen LogP contribution is -2.47. The summed E-state index contributed by atoms with van der Waals surface area (Å²) in [6.45, 7) is 7.56. The first-order valence-corrected chi connectivity index (χ1v) is 8.56. The van der Waals surface area contributed by atoms with Crippen LogP contribution in [0.15, 0.2) is 12.1 Å². The van der Waals surface area contributed by atoms with Gasteiger partial charge >= 0.3 is 0 Å². The first kappa shape index (κ1) is 16.1. The van der Waals surface area contributed by atoms with E-state index in [1.165, 1.54) is 0 Å². The van der Waals surface area contributed by atoms with Crippen molar-refractivity contribution in [1.82, 2.24) is 10.2 Å². The molecule has 0 radical (unpaired) electrons. The SMILES string of the molecule is Cc1cc(Cl)cc([C@H](C2CCOCC2)N2CCNCC2)c1O. The Kier molecular flexibility index (Phi) is 5.24. The molecule has 0 aromatic heterocycles. The lowest BCUT2D eigenvalue weighted by atomic mass is 9.84. The van der Waals surface area contributed by atoms with Crippen LogP contribution in [0.25, 0.3) is 0 Å². The van der Waals surface area contributed by atoms with E-state index in [4.69, 9.17) is 16.3 Å². The van der Waals surface area contributed by atoms with Crippen molar-refractivity contribution in [3.8, 4) is 5.75 Å². The zero-order valence-corrected chi connectivity index (χ0v) is 13.9. The molecule has 22 heavy (non-hydrogen) atoms. The molecule has 0 saturated carbocycles. The first-order chi connectivity index (χ1) is 10.7. The summed E-state index contributed by atoms with van der Waals surface area (Å²) in [4.78, 5) is 2.50. The fourth-order valence-corrected chi connectivity index (χ4v) is 4.01. The van der Waals surface area contributed by atoms with Crippen LogP contribution in [0.3, 0.4) is 0 Å². The number of piperazine rings is 1. The van der Waals surface area contributed by atoms with E-state index in [1.807, 2.05) is 19.1 Å². The number of benzene rings is 1. The van der Waals surface area contributed by atoms with Crippen molar-refractivity contribution in [2.75, 3.05) is 39.4 Å². The van der Waals surface area contributed by atoms with Gasteiger partial charge in [0.15, 0.2) is 0 Å². The monoisotopic (exact) mass is 324 g/mol. The zero-order chi connectivity index (χ0) is 15.5. The van der Waals surface area contributed by atoms with E-state index in [0.717, 1.165) is 63.4 Å². The molecule has 1 aromatic rings. The molecule has 5 heteroatoms. The van der Waals surface area contributed by atoms with Crippen LogP contribution in [0.5, 0.6) is 5.75 Å². The fraction of sp³-hybridized carbons (Fsp3) is 0.647. The molecule has 2 saturated heterocycles. The first-order valence-electron chi connectivity index (χ1n) is 8.18. The highest BCUT2D eigenvalue weighted by molar-refractivity contribution is 6.30. The molecular weight excluding hydrogens is 300 g/mol. The van der Waals surface area contributed by atoms with Gasteiger partial charge in [-0.3, -0.25) is 4.90 Å². The highest BCUT2D eigenvalue weighted by Crippen LogP contribution is 2.41. The maximum absolute atomic E-state index is 10.6. The van der Waals surface area contributed by atoms with Crippen molar-refractivity contribution in [3.05, 3.63) is 28.3 Å². The standard InChI is InChI=1S/C17H25ClN2O2/c1-12-10-14(18)11-15(17(12)21)16(13-2-8-22-9-3-13)20-6-4-19-5-7-20/h10-11,13,16,19,21H,2-9H2,1H3/t16-/m0/s1. The van der Waals surface area contributed by atoms with Gasteiger partial charge in [0.1, 0.15) is 5.75 Å². The maximum atomic E-state index is 10.6. The van der Waals surface area contributed by atoms with Gasteiger partial charge in [-0.15, -0.1) is 0 Å². The Bertz CT molecular complexity index is 494. The van der Waals surface area contributed by atoms with Gasteiger partial charge in [-0.25, -0.2) is 0 Å². The molecule has 0 unspecified atom stereocenters. The van der Waals surface area contributed by atoms with E-state index in [-0.39, 0.29) is 6.04 Å². The number of phenolic OH excluding ortho intramolecular Hbond substituents is 1. The Morgan fingerprint density at radius 3 is 2.64 bits per heavy atom. The molecule has 2 aliphatic heterocycles. The number of ether oxygens (including phenoxy) is 1. The minimum absolute atomic E-state index is 0.225. The second-order valence-electron chi connectivity index (χ2n) is 6.34. The summed E-state index contributed by atoms with van der Waals surface area (Å²) in [6.07, 6.45) is 2.08. The maximum Gasteiger partial charge on any atom is 0.123 e. The fourth-order valence-electron chi connectivity index (χ4n) is 3.73. The molecule has 0 amide bonds. The van der Waals surface area contributed by atoms with Crippen LogP contribution in [0.2, 0.25) is 5.02 Å². The average molecular weight is 325 g/mol. The number of rotatable bonds is 3. The predicted molar refractivity (Wildman–Crippen MR) is 88.6 cm³/mol. The molecule has 2 N–H and O–H groups in total. The Labute approximate surface area is 137 Å². The Morgan fingerprint density at radius 1 is 1.27 bits per heavy atom. The van der Waals surface area contributed by atoms with Crippen molar-refractivity contribution >= 4 is 11.6 Å². The molecule has 122 valence electrons. The second-order valence-corrected chi connectivity index (χ2v) is 6.78. The summed E-state index contributed by atoms with van der Waals surface area (Å²) < 4.78 is 5.53. The quantitative estimate of drug-likeness (QED) is 0.897. The van der Waals surface area contributed by atoms with E-state index in [1.54, 1.807) is 0 Å². The normalized spacial score (nSPS) is 22.6. The van der Waals surface area contributed by atoms with Gasteiger partial charge in [0.25, 0.3) is 0 Å². The van der Waals surface area contributed by atoms with Gasteiger partial charge in [0.05, 0.1) is 0 Å². The number of hydrogen-bond acceptors (Lipinski definition) is 4. The molecule has 4 nitrogen and oxygen atoms in total. The molecule has 3 rings (SSSR count). The molecule has 0 aliphatic carbocycles. The van der Waals surface area contributed by atoms with Crippen molar-refractivity contribution in [2.45, 2.75) is 25.8 Å². The predicted octanol–water partition coefficient (Wildman–Crippen LogP) is 2.73. The van der Waals surface area contributed by atoms with Crippen LogP contribution < -0.4 is 5.32 Å². The Balaban J connectivity index is 1.96. The van der Waals surface area contributed by atoms with Crippen LogP contribution in [-0.2, 0) is 4.74 Å². The molecule has 1 aromatic carbocycles. The molecule has 2 aliphatic rings. The largest absolute Gasteiger partial charge is 0.507 e. The van der Waals surface area contributed by atoms with Crippen LogP contribution in [-0.4, -0.2) is 49.4 Å². The zero-order valence-electron chi connectivity index (χ0n) is 13.1. The summed E-state index contributed by atoms with van der Waals surface area (Å²) in [5.74, 6) is 0.912. The third kappa shape index (κ3) is 3.40. The van der Waals surface area contributed by atoms with Crippen molar-refractivity contribution in [3.63, 3.8) is 0 Å². The number of hydrogen-bond donors (Lipinski definition) is 2. The topological polar surface area (TPSA) is 44.7 Å². The summed E-state index contributed by atoms with van der Waals surface area (Å²) >= 11 is 6.28. The van der Waals surface area contributed by atoms with Crippen molar-refractivity contribution in [1.29, 1.82) is 0 Å². The summed E-state index contributed by atoms with van der Waals surface area (Å²) in [5, 5.41) is 14.7. The summed E-state index contributed by atoms with van der Waals surface area (Å²) in [6, 6.07) is 4.01. The Hall–Kier alpha value is -0.810. The number of aryl methyl sites for hydroxylation is 1. The van der Waals surface area contributed by atoms with Crippen LogP contribution in [0.1, 0.15) is 30.0 Å². The van der Waals surface area contributed by atoms with Crippen LogP contribution in [0, 0.1) is 12.8 Å². The van der Waals surface area contributed by atoms with Crippen LogP contribution >= 0.6 is 11.6 Å². The molecule has 2 fully saturated rings. The lowest BCUT2D eigenvalue weighted by Gasteiger charge is -2.41. The highest BCUT2D eigenvalue weighted by Gasteiger charge is 2.33. The molecular formula is C17H25ClN2O2. The number of nitrogens with one attached hydrogen (secondary N) is 1. The summed E-state index contributed by atoms with van der Waals surface area (Å²) in [7, 11) is 0. The van der Waals surface area contributed by atoms with Crippen molar-refractivity contribution < 1.29 is 9.84 Å². The summed E-state index contributed by atoms with van der Waals surface area (Å²) in [5.41, 5.74) is 1.84. The average Bonchev–Trinajstić information content (AvgIpc) is 2.54. The number of nitrogens with zero attached hydrogens (tertiary/aromatic N) is 1. The molecule has 2 heterocycles. The van der Waals surface area contributed by atoms with Gasteiger partial charge in [0.2, 0.25) is 0 Å². The number of phenols is 1. The van der Waals surface area contributed by atoms with E-state index < -0.39 is 0 Å².